The molecule has 446 valence electrons. The smallest absolute Gasteiger partial charge is 0.247 e. The molecular formula is C62H88N10O10. The number of carbonyl (C=O) groups excluding carboxylic acids is 8. The standard InChI is InChI=1S/C62H88N10O10/c1-5-47(63-3)55(75)69-53-43(37-73)27-29-45-31-33-49(71(45)61(53)81)57(77)67-51(41-19-9-7-10-20-41)59(79)65-35-15-13-17-39-23-25-40(26-24-39)18-14-16-36-66-60(80)52(42-21-11-8-12-22-42)68-58(78)50-34-32-46-30-28-44(38-74)54(62(82)72(46)50)70-56(76)48(6-2)64-4/h7-12,19-26,43-54,63-64,73-74H,5-6,13-18,27-38H2,1-4H3,(H,65,79)(H,66,80)(H,67,77)(H,68,78)(H,69,75)(H,70,76)/t43-,44-,45+,46+,47+,48+,49+,50+,51+,52+,53+,54+/m1/s1. The molecule has 82 heavy (non-hydrogen) atoms. The number of nitrogens with one attached hydrogen (secondary N) is 8. The number of aliphatic hydroxyl groups is 2. The Labute approximate surface area is 482 Å². The minimum absolute atomic E-state index is 0.227. The van der Waals surface area contributed by atoms with E-state index in [1.54, 1.807) is 72.4 Å². The van der Waals surface area contributed by atoms with Crippen molar-refractivity contribution in [1.29, 1.82) is 0 Å². The molecule has 3 aromatic carbocycles. The maximum atomic E-state index is 14.2. The molecule has 0 spiro atoms. The molecular weight excluding hydrogens is 1040 g/mol. The van der Waals surface area contributed by atoms with Crippen molar-refractivity contribution in [3.05, 3.63) is 107 Å². The summed E-state index contributed by atoms with van der Waals surface area (Å²) in [6.07, 6.45) is 9.86. The third kappa shape index (κ3) is 15.9. The zero-order valence-corrected chi connectivity index (χ0v) is 48.2. The maximum Gasteiger partial charge on any atom is 0.247 e. The third-order valence-electron chi connectivity index (χ3n) is 17.3. The second kappa shape index (κ2) is 31.1. The van der Waals surface area contributed by atoms with Gasteiger partial charge in [0.05, 0.1) is 12.1 Å². The maximum absolute atomic E-state index is 14.2. The zero-order chi connectivity index (χ0) is 58.7. The van der Waals surface area contributed by atoms with Crippen LogP contribution in [0.15, 0.2) is 84.9 Å². The first-order chi connectivity index (χ1) is 39.7. The zero-order valence-electron chi connectivity index (χ0n) is 48.2. The van der Waals surface area contributed by atoms with Crippen molar-refractivity contribution in [2.75, 3.05) is 40.4 Å². The molecule has 10 N–H and O–H groups in total. The number of unbranched alkanes of at least 4 members (excludes halogenated alkanes) is 2. The summed E-state index contributed by atoms with van der Waals surface area (Å²) in [5.74, 6) is -4.05. The summed E-state index contributed by atoms with van der Waals surface area (Å²) in [7, 11) is 3.35. The van der Waals surface area contributed by atoms with Gasteiger partial charge >= 0.3 is 0 Å². The normalized spacial score (nSPS) is 23.9. The van der Waals surface area contributed by atoms with Gasteiger partial charge < -0.3 is 62.5 Å². The lowest BCUT2D eigenvalue weighted by molar-refractivity contribution is -0.144. The number of benzene rings is 3. The number of carbonyl (C=O) groups is 8. The Morgan fingerprint density at radius 3 is 1.21 bits per heavy atom. The van der Waals surface area contributed by atoms with E-state index in [1.807, 2.05) is 26.0 Å². The number of likely N-dealkylation sites (N-methyl/N-ethyl adjacent to an activating group) is 2. The first-order valence-electron chi connectivity index (χ1n) is 29.9. The summed E-state index contributed by atoms with van der Waals surface area (Å²) in [5.41, 5.74) is 3.53. The molecule has 8 amide bonds. The SMILES string of the molecule is CC[C@H](NC)C(=O)N[C@@H]1C(=O)N2[C@@H](CC[C@@H]1CO)CC[C@H]2C(=O)N[C@H](C(=O)NCCCCc1ccc(CCCCNC(=O)[C@@H](NC(=O)[C@@H]2CC[C@@H]3CC[C@H](CO)[C@H](NC(=O)[C@H](CC)NC)C(=O)N32)c2ccccc2)cc1)c1ccccc1. The molecule has 4 fully saturated rings. The lowest BCUT2D eigenvalue weighted by atomic mass is 9.93. The summed E-state index contributed by atoms with van der Waals surface area (Å²) in [5, 5.41) is 44.2. The average molecular weight is 1130 g/mol. The molecule has 0 radical (unpaired) electrons. The minimum Gasteiger partial charge on any atom is -0.396 e. The third-order valence-corrected chi connectivity index (χ3v) is 17.3. The van der Waals surface area contributed by atoms with Gasteiger partial charge in [-0.1, -0.05) is 98.8 Å². The molecule has 0 saturated carbocycles. The molecule has 0 bridgehead atoms. The molecule has 4 aliphatic heterocycles. The number of fused-ring (bicyclic) bond motifs is 2. The van der Waals surface area contributed by atoms with Gasteiger partial charge in [0.25, 0.3) is 0 Å². The number of nitrogens with zero attached hydrogens (tertiary/aromatic N) is 2. The van der Waals surface area contributed by atoms with E-state index in [2.05, 4.69) is 66.8 Å². The van der Waals surface area contributed by atoms with E-state index in [1.165, 1.54) is 0 Å². The van der Waals surface area contributed by atoms with Gasteiger partial charge in [-0.2, -0.15) is 0 Å². The van der Waals surface area contributed by atoms with Crippen molar-refractivity contribution in [1.82, 2.24) is 52.3 Å². The topological polar surface area (TPSA) is 280 Å². The monoisotopic (exact) mass is 1130 g/mol. The van der Waals surface area contributed by atoms with Crippen molar-refractivity contribution in [3.63, 3.8) is 0 Å². The van der Waals surface area contributed by atoms with Crippen LogP contribution in [0.4, 0.5) is 0 Å². The Kier molecular flexibility index (Phi) is 23.8. The Hall–Kier alpha value is -6.74. The van der Waals surface area contributed by atoms with Crippen LogP contribution in [0.5, 0.6) is 0 Å². The van der Waals surface area contributed by atoms with Crippen molar-refractivity contribution < 1.29 is 48.6 Å². The Morgan fingerprint density at radius 1 is 0.500 bits per heavy atom. The number of aliphatic hydroxyl groups excluding tert-OH is 2. The molecule has 0 aliphatic carbocycles. The van der Waals surface area contributed by atoms with Crippen molar-refractivity contribution in [3.8, 4) is 0 Å². The first kappa shape index (κ1) is 62.9. The van der Waals surface area contributed by atoms with Crippen molar-refractivity contribution in [2.45, 2.75) is 177 Å². The second-order valence-electron chi connectivity index (χ2n) is 22.5. The van der Waals surface area contributed by atoms with Gasteiger partial charge in [-0.3, -0.25) is 38.4 Å². The lowest BCUT2D eigenvalue weighted by Gasteiger charge is -2.33. The van der Waals surface area contributed by atoms with Crippen LogP contribution in [-0.2, 0) is 51.2 Å². The van der Waals surface area contributed by atoms with Crippen LogP contribution < -0.4 is 42.5 Å². The highest BCUT2D eigenvalue weighted by atomic mass is 16.3. The molecule has 7 rings (SSSR count). The van der Waals surface area contributed by atoms with Crippen LogP contribution in [0.25, 0.3) is 0 Å². The highest BCUT2D eigenvalue weighted by molar-refractivity contribution is 5.97. The number of amides is 8. The predicted octanol–water partition coefficient (Wildman–Crippen LogP) is 2.77. The molecule has 0 aromatic heterocycles. The van der Waals surface area contributed by atoms with Crippen LogP contribution in [0.3, 0.4) is 0 Å². The van der Waals surface area contributed by atoms with Gasteiger partial charge in [0, 0.05) is 50.2 Å². The van der Waals surface area contributed by atoms with Crippen LogP contribution in [-0.4, -0.2) is 156 Å². The Balaban J connectivity index is 0.851. The largest absolute Gasteiger partial charge is 0.396 e. The van der Waals surface area contributed by atoms with E-state index in [0.29, 0.717) is 101 Å². The van der Waals surface area contributed by atoms with Gasteiger partial charge in [-0.15, -0.1) is 0 Å². The molecule has 4 saturated heterocycles. The van der Waals surface area contributed by atoms with E-state index in [4.69, 9.17) is 0 Å². The number of hydrogen-bond acceptors (Lipinski definition) is 12. The van der Waals surface area contributed by atoms with Crippen LogP contribution in [0.1, 0.15) is 138 Å². The highest BCUT2D eigenvalue weighted by Gasteiger charge is 2.50. The molecule has 20 heteroatoms. The van der Waals surface area contributed by atoms with Crippen LogP contribution >= 0.6 is 0 Å². The predicted molar refractivity (Wildman–Crippen MR) is 310 cm³/mol. The van der Waals surface area contributed by atoms with Gasteiger partial charge in [0.2, 0.25) is 47.3 Å². The molecule has 4 aliphatic rings. The Morgan fingerprint density at radius 2 is 0.866 bits per heavy atom. The summed E-state index contributed by atoms with van der Waals surface area (Å²) in [6, 6.07) is 19.3. The summed E-state index contributed by atoms with van der Waals surface area (Å²) >= 11 is 0. The molecule has 0 unspecified atom stereocenters. The minimum atomic E-state index is -0.999. The number of hydrogen-bond donors (Lipinski definition) is 10. The fourth-order valence-corrected chi connectivity index (χ4v) is 12.5. The van der Waals surface area contributed by atoms with Gasteiger partial charge in [-0.25, -0.2) is 0 Å². The van der Waals surface area contributed by atoms with E-state index in [0.717, 1.165) is 36.8 Å². The van der Waals surface area contributed by atoms with E-state index < -0.39 is 83.8 Å². The fourth-order valence-electron chi connectivity index (χ4n) is 12.5. The highest BCUT2D eigenvalue weighted by Crippen LogP contribution is 2.36. The van der Waals surface area contributed by atoms with Crippen LogP contribution in [0.2, 0.25) is 0 Å². The summed E-state index contributed by atoms with van der Waals surface area (Å²) in [6.45, 7) is 3.95. The quantitative estimate of drug-likeness (QED) is 0.0471. The van der Waals surface area contributed by atoms with Crippen molar-refractivity contribution >= 4 is 47.3 Å². The summed E-state index contributed by atoms with van der Waals surface area (Å²) < 4.78 is 0. The van der Waals surface area contributed by atoms with E-state index >= 15 is 0 Å². The number of aryl methyl sites for hydroxylation is 2. The molecule has 3 aromatic rings. The van der Waals surface area contributed by atoms with E-state index in [-0.39, 0.29) is 48.9 Å². The summed E-state index contributed by atoms with van der Waals surface area (Å²) in [4.78, 5) is 114. The van der Waals surface area contributed by atoms with Gasteiger partial charge in [0.1, 0.15) is 36.3 Å². The number of rotatable bonds is 28. The fraction of sp³-hybridized carbons (Fsp3) is 0.581. The van der Waals surface area contributed by atoms with Gasteiger partial charge in [0.15, 0.2) is 0 Å². The molecule has 4 heterocycles. The van der Waals surface area contributed by atoms with Crippen LogP contribution in [0, 0.1) is 11.8 Å². The van der Waals surface area contributed by atoms with E-state index in [9.17, 15) is 48.6 Å². The van der Waals surface area contributed by atoms with Crippen molar-refractivity contribution in [2.24, 2.45) is 11.8 Å². The molecule has 12 atom stereocenters. The molecule has 20 nitrogen and oxygen atoms in total. The average Bonchev–Trinajstić information content (AvgIpc) is 3.90. The van der Waals surface area contributed by atoms with Gasteiger partial charge in [-0.05, 0) is 139 Å². The second-order valence-corrected chi connectivity index (χ2v) is 22.5. The first-order valence-corrected chi connectivity index (χ1v) is 29.9. The lowest BCUT2D eigenvalue weighted by Crippen LogP contribution is -2.59. The Bertz CT molecular complexity index is 2430.